The number of hydrogen-bond donors (Lipinski definition) is 1. The molecule has 0 bridgehead atoms. The molecule has 2 heterocycles. The minimum absolute atomic E-state index is 0.196. The molecule has 4 aromatic carbocycles. The first-order chi connectivity index (χ1) is 15.1. The van der Waals surface area contributed by atoms with Gasteiger partial charge in [-0.05, 0) is 41.8 Å². The second kappa shape index (κ2) is 6.30. The number of benzene rings is 4. The van der Waals surface area contributed by atoms with Gasteiger partial charge in [0.2, 0.25) is 0 Å². The van der Waals surface area contributed by atoms with E-state index in [4.69, 9.17) is 0 Å². The largest absolute Gasteiger partial charge is 0.321 e. The van der Waals surface area contributed by atoms with Crippen molar-refractivity contribution in [2.45, 2.75) is 4.90 Å². The Bertz CT molecular complexity index is 1810. The topological polar surface area (TPSA) is 71.9 Å². The Balaban J connectivity index is 1.86. The summed E-state index contributed by atoms with van der Waals surface area (Å²) in [5, 5.41) is 3.63. The summed E-state index contributed by atoms with van der Waals surface area (Å²) in [5.74, 6) is 0. The molecule has 0 spiro atoms. The fraction of sp³-hybridized carbons (Fsp3) is 0. The third kappa shape index (κ3) is 2.49. The van der Waals surface area contributed by atoms with Crippen LogP contribution in [0.25, 0.3) is 43.5 Å². The minimum Gasteiger partial charge on any atom is -0.321 e. The van der Waals surface area contributed by atoms with Gasteiger partial charge in [-0.2, -0.15) is 0 Å². The van der Waals surface area contributed by atoms with E-state index in [1.54, 1.807) is 42.5 Å². The number of nitrogens with zero attached hydrogens (tertiary/aromatic N) is 1. The number of para-hydroxylation sites is 2. The van der Waals surface area contributed by atoms with Crippen LogP contribution in [0.5, 0.6) is 0 Å². The van der Waals surface area contributed by atoms with Crippen LogP contribution in [0.4, 0.5) is 0 Å². The average molecular weight is 424 g/mol. The molecule has 2 aromatic heterocycles. The maximum atomic E-state index is 13.7. The first kappa shape index (κ1) is 17.9. The van der Waals surface area contributed by atoms with Crippen molar-refractivity contribution in [2.75, 3.05) is 0 Å². The predicted molar refractivity (Wildman–Crippen MR) is 124 cm³/mol. The van der Waals surface area contributed by atoms with E-state index in [1.165, 1.54) is 3.97 Å². The average Bonchev–Trinajstić information content (AvgIpc) is 3.13. The fourth-order valence-corrected chi connectivity index (χ4v) is 5.90. The third-order valence-electron chi connectivity index (χ3n) is 5.76. The van der Waals surface area contributed by atoms with Crippen molar-refractivity contribution < 1.29 is 8.42 Å². The first-order valence-corrected chi connectivity index (χ1v) is 11.3. The molecule has 0 atom stereocenters. The molecular weight excluding hydrogens is 408 g/mol. The number of fused-ring (bicyclic) bond motifs is 6. The molecule has 0 saturated heterocycles. The SMILES string of the molecule is O=c1[nH]c2ccccc2c2cc3c(cc12)c1ccccc1n3S(=O)(=O)c1ccccc1. The molecule has 1 N–H and O–H groups in total. The molecule has 0 aliphatic rings. The van der Waals surface area contributed by atoms with Gasteiger partial charge in [-0.1, -0.05) is 54.6 Å². The van der Waals surface area contributed by atoms with Crippen LogP contribution in [0.2, 0.25) is 0 Å². The summed E-state index contributed by atoms with van der Waals surface area (Å²) < 4.78 is 28.8. The van der Waals surface area contributed by atoms with E-state index in [2.05, 4.69) is 4.98 Å². The van der Waals surface area contributed by atoms with Gasteiger partial charge < -0.3 is 4.98 Å². The number of rotatable bonds is 2. The van der Waals surface area contributed by atoms with Crippen LogP contribution in [0.3, 0.4) is 0 Å². The highest BCUT2D eigenvalue weighted by atomic mass is 32.2. The van der Waals surface area contributed by atoms with E-state index in [-0.39, 0.29) is 10.5 Å². The van der Waals surface area contributed by atoms with Crippen LogP contribution in [-0.4, -0.2) is 17.4 Å². The Morgan fingerprint density at radius 1 is 0.613 bits per heavy atom. The van der Waals surface area contributed by atoms with Crippen LogP contribution in [0.15, 0.2) is 101 Å². The zero-order valence-electron chi connectivity index (χ0n) is 16.2. The quantitative estimate of drug-likeness (QED) is 0.397. The highest BCUT2D eigenvalue weighted by Crippen LogP contribution is 2.35. The molecule has 0 unspecified atom stereocenters. The molecule has 0 aliphatic heterocycles. The van der Waals surface area contributed by atoms with E-state index in [1.807, 2.05) is 48.5 Å². The van der Waals surface area contributed by atoms with Gasteiger partial charge in [0, 0.05) is 27.1 Å². The zero-order valence-corrected chi connectivity index (χ0v) is 17.1. The molecule has 5 nitrogen and oxygen atoms in total. The molecule has 0 fully saturated rings. The lowest BCUT2D eigenvalue weighted by molar-refractivity contribution is 0.590. The molecule has 0 saturated carbocycles. The van der Waals surface area contributed by atoms with Crippen LogP contribution < -0.4 is 5.56 Å². The van der Waals surface area contributed by atoms with Gasteiger partial charge in [0.05, 0.1) is 15.9 Å². The molecule has 6 heteroatoms. The van der Waals surface area contributed by atoms with Crippen molar-refractivity contribution in [2.24, 2.45) is 0 Å². The lowest BCUT2D eigenvalue weighted by Crippen LogP contribution is -2.13. The van der Waals surface area contributed by atoms with E-state index in [0.29, 0.717) is 21.9 Å². The van der Waals surface area contributed by atoms with E-state index < -0.39 is 10.0 Å². The lowest BCUT2D eigenvalue weighted by atomic mass is 10.0. The van der Waals surface area contributed by atoms with Gasteiger partial charge in [-0.15, -0.1) is 0 Å². The Labute approximate surface area is 177 Å². The number of nitrogens with one attached hydrogen (secondary N) is 1. The van der Waals surface area contributed by atoms with Crippen LogP contribution >= 0.6 is 0 Å². The van der Waals surface area contributed by atoms with E-state index in [9.17, 15) is 13.2 Å². The third-order valence-corrected chi connectivity index (χ3v) is 7.50. The van der Waals surface area contributed by atoms with Gasteiger partial charge in [-0.3, -0.25) is 4.79 Å². The summed E-state index contributed by atoms with van der Waals surface area (Å²) >= 11 is 0. The lowest BCUT2D eigenvalue weighted by Gasteiger charge is -2.10. The number of H-pyrrole nitrogens is 1. The molecule has 0 radical (unpaired) electrons. The molecule has 31 heavy (non-hydrogen) atoms. The molecule has 6 rings (SSSR count). The number of pyridine rings is 1. The Morgan fingerprint density at radius 3 is 2.10 bits per heavy atom. The summed E-state index contributed by atoms with van der Waals surface area (Å²) in [5.41, 5.74) is 1.65. The summed E-state index contributed by atoms with van der Waals surface area (Å²) in [4.78, 5) is 16.0. The van der Waals surface area contributed by atoms with Crippen molar-refractivity contribution in [1.82, 2.24) is 8.96 Å². The number of aromatic nitrogens is 2. The molecular formula is C25H16N2O3S. The van der Waals surface area contributed by atoms with E-state index >= 15 is 0 Å². The predicted octanol–water partition coefficient (Wildman–Crippen LogP) is 5.03. The van der Waals surface area contributed by atoms with Crippen molar-refractivity contribution in [1.29, 1.82) is 0 Å². The number of aromatic amines is 1. The van der Waals surface area contributed by atoms with Gasteiger partial charge in [0.15, 0.2) is 0 Å². The summed E-state index contributed by atoms with van der Waals surface area (Å²) in [6.07, 6.45) is 0. The maximum absolute atomic E-state index is 13.7. The smallest absolute Gasteiger partial charge is 0.268 e. The van der Waals surface area contributed by atoms with Gasteiger partial charge in [-0.25, -0.2) is 12.4 Å². The highest BCUT2D eigenvalue weighted by Gasteiger charge is 2.24. The van der Waals surface area contributed by atoms with Crippen molar-refractivity contribution >= 4 is 53.5 Å². The van der Waals surface area contributed by atoms with Gasteiger partial charge in [0.1, 0.15) is 0 Å². The molecule has 150 valence electrons. The van der Waals surface area contributed by atoms with Crippen LogP contribution in [-0.2, 0) is 10.0 Å². The monoisotopic (exact) mass is 424 g/mol. The number of hydrogen-bond acceptors (Lipinski definition) is 3. The standard InChI is InChI=1S/C25H16N2O3S/c28-25-21-14-20-18-11-5-7-13-23(18)27(31(29,30)16-8-2-1-3-9-16)24(20)15-19(21)17-10-4-6-12-22(17)26-25/h1-15H,(H,26,28). The maximum Gasteiger partial charge on any atom is 0.268 e. The first-order valence-electron chi connectivity index (χ1n) is 9.84. The highest BCUT2D eigenvalue weighted by molar-refractivity contribution is 7.90. The summed E-state index contributed by atoms with van der Waals surface area (Å²) in [7, 11) is -3.85. The second-order valence-corrected chi connectivity index (χ2v) is 9.30. The van der Waals surface area contributed by atoms with Crippen molar-refractivity contribution in [3.8, 4) is 0 Å². The Morgan fingerprint density at radius 2 is 1.29 bits per heavy atom. The van der Waals surface area contributed by atoms with Crippen molar-refractivity contribution in [3.05, 3.63) is 101 Å². The normalized spacial score (nSPS) is 12.3. The Hall–Kier alpha value is -3.90. The minimum atomic E-state index is -3.85. The van der Waals surface area contributed by atoms with Crippen LogP contribution in [0.1, 0.15) is 0 Å². The fourth-order valence-electron chi connectivity index (χ4n) is 4.36. The second-order valence-electron chi connectivity index (χ2n) is 7.51. The zero-order chi connectivity index (χ0) is 21.2. The van der Waals surface area contributed by atoms with Crippen LogP contribution in [0, 0.1) is 0 Å². The molecule has 0 aliphatic carbocycles. The van der Waals surface area contributed by atoms with E-state index in [0.717, 1.165) is 21.5 Å². The summed E-state index contributed by atoms with van der Waals surface area (Å²) in [6, 6.07) is 26.9. The summed E-state index contributed by atoms with van der Waals surface area (Å²) in [6.45, 7) is 0. The van der Waals surface area contributed by atoms with Crippen molar-refractivity contribution in [3.63, 3.8) is 0 Å². The van der Waals surface area contributed by atoms with Gasteiger partial charge >= 0.3 is 0 Å². The molecule has 0 amide bonds. The molecule has 6 aromatic rings. The Kier molecular flexibility index (Phi) is 3.64. The van der Waals surface area contributed by atoms with Gasteiger partial charge in [0.25, 0.3) is 15.6 Å².